The lowest BCUT2D eigenvalue weighted by Crippen LogP contribution is -2.23. The van der Waals surface area contributed by atoms with Crippen LogP contribution in [0, 0.1) is 0 Å². The molecule has 0 spiro atoms. The Hall–Kier alpha value is -2.69. The first kappa shape index (κ1) is 11.4. The molecule has 5 nitrogen and oxygen atoms in total. The van der Waals surface area contributed by atoms with Crippen LogP contribution in [0.5, 0.6) is 0 Å². The minimum absolute atomic E-state index is 0.180. The molecule has 3 aromatic heterocycles. The van der Waals surface area contributed by atoms with Gasteiger partial charge in [-0.25, -0.2) is 4.98 Å². The van der Waals surface area contributed by atoms with Gasteiger partial charge in [0.1, 0.15) is 11.3 Å². The minimum atomic E-state index is -0.180. The second-order valence-corrected chi connectivity index (χ2v) is 4.13. The second-order valence-electron chi connectivity index (χ2n) is 4.13. The summed E-state index contributed by atoms with van der Waals surface area (Å²) in [6, 6.07) is 9.38. The largest absolute Gasteiger partial charge is 0.347 e. The molecule has 1 amide bonds. The van der Waals surface area contributed by atoms with Gasteiger partial charge < -0.3 is 9.72 Å². The van der Waals surface area contributed by atoms with Gasteiger partial charge in [0, 0.05) is 31.3 Å². The van der Waals surface area contributed by atoms with Crippen LogP contribution in [-0.4, -0.2) is 20.3 Å². The fourth-order valence-electron chi connectivity index (χ4n) is 1.82. The van der Waals surface area contributed by atoms with Crippen molar-refractivity contribution < 1.29 is 4.79 Å². The first-order valence-corrected chi connectivity index (χ1v) is 5.94. The quantitative estimate of drug-likeness (QED) is 0.771. The third-order valence-electron chi connectivity index (χ3n) is 2.80. The maximum absolute atomic E-state index is 12.0. The van der Waals surface area contributed by atoms with Crippen LogP contribution in [0.4, 0.5) is 0 Å². The number of imidazole rings is 1. The summed E-state index contributed by atoms with van der Waals surface area (Å²) >= 11 is 0. The molecule has 0 saturated carbocycles. The zero-order chi connectivity index (χ0) is 13.1. The van der Waals surface area contributed by atoms with E-state index in [1.807, 2.05) is 40.9 Å². The second kappa shape index (κ2) is 4.89. The van der Waals surface area contributed by atoms with Crippen molar-refractivity contribution in [3.63, 3.8) is 0 Å². The maximum atomic E-state index is 12.0. The third kappa shape index (κ3) is 2.44. The van der Waals surface area contributed by atoms with Gasteiger partial charge in [-0.05, 0) is 29.8 Å². The molecule has 3 aromatic rings. The Morgan fingerprint density at radius 3 is 2.84 bits per heavy atom. The molecule has 0 unspecified atom stereocenters. The van der Waals surface area contributed by atoms with Crippen LogP contribution in [0.25, 0.3) is 5.65 Å². The fourth-order valence-corrected chi connectivity index (χ4v) is 1.82. The molecule has 5 heteroatoms. The summed E-state index contributed by atoms with van der Waals surface area (Å²) in [5, 5.41) is 2.83. The van der Waals surface area contributed by atoms with Gasteiger partial charge in [0.15, 0.2) is 0 Å². The van der Waals surface area contributed by atoms with Crippen molar-refractivity contribution in [1.82, 2.24) is 19.7 Å². The summed E-state index contributed by atoms with van der Waals surface area (Å²) in [6.07, 6.45) is 6.98. The van der Waals surface area contributed by atoms with Gasteiger partial charge in [-0.1, -0.05) is 6.07 Å². The lowest BCUT2D eigenvalue weighted by Gasteiger charge is -2.02. The van der Waals surface area contributed by atoms with Crippen LogP contribution in [0.2, 0.25) is 0 Å². The van der Waals surface area contributed by atoms with E-state index in [1.165, 1.54) is 0 Å². The van der Waals surface area contributed by atoms with E-state index < -0.39 is 0 Å². The number of aromatic nitrogens is 3. The molecule has 0 aliphatic carbocycles. The summed E-state index contributed by atoms with van der Waals surface area (Å²) in [5.74, 6) is -0.180. The number of nitrogens with zero attached hydrogens (tertiary/aromatic N) is 3. The molecule has 94 valence electrons. The van der Waals surface area contributed by atoms with E-state index in [2.05, 4.69) is 15.3 Å². The number of carbonyl (C=O) groups excluding carboxylic acids is 1. The van der Waals surface area contributed by atoms with Crippen molar-refractivity contribution in [3.8, 4) is 0 Å². The molecule has 0 aliphatic rings. The summed E-state index contributed by atoms with van der Waals surface area (Å²) in [6.45, 7) is 0.467. The van der Waals surface area contributed by atoms with Crippen LogP contribution >= 0.6 is 0 Å². The molecule has 0 saturated heterocycles. The molecule has 0 atom stereocenters. The predicted molar refractivity (Wildman–Crippen MR) is 70.6 cm³/mol. The monoisotopic (exact) mass is 252 g/mol. The zero-order valence-corrected chi connectivity index (χ0v) is 10.2. The number of hydrogen-bond acceptors (Lipinski definition) is 3. The molecule has 3 rings (SSSR count). The zero-order valence-electron chi connectivity index (χ0n) is 10.2. The molecule has 0 aliphatic heterocycles. The highest BCUT2D eigenvalue weighted by Crippen LogP contribution is 2.04. The lowest BCUT2D eigenvalue weighted by molar-refractivity contribution is 0.0946. The van der Waals surface area contributed by atoms with Crippen LogP contribution in [0.3, 0.4) is 0 Å². The summed E-state index contributed by atoms with van der Waals surface area (Å²) in [5.41, 5.74) is 2.18. The van der Waals surface area contributed by atoms with E-state index in [-0.39, 0.29) is 5.91 Å². The number of nitrogens with one attached hydrogen (secondary N) is 1. The van der Waals surface area contributed by atoms with Crippen molar-refractivity contribution >= 4 is 11.6 Å². The van der Waals surface area contributed by atoms with Gasteiger partial charge >= 0.3 is 0 Å². The van der Waals surface area contributed by atoms with Crippen molar-refractivity contribution in [2.75, 3.05) is 0 Å². The molecule has 0 bridgehead atoms. The van der Waals surface area contributed by atoms with Gasteiger partial charge in [0.2, 0.25) is 0 Å². The number of carbonyl (C=O) groups is 1. The molecular weight excluding hydrogens is 240 g/mol. The SMILES string of the molecule is O=C(NCc1ccncc1)c1cn2ccccc2n1. The van der Waals surface area contributed by atoms with Crippen LogP contribution in [0.1, 0.15) is 16.1 Å². The van der Waals surface area contributed by atoms with Crippen molar-refractivity contribution in [2.24, 2.45) is 0 Å². The Bertz CT molecular complexity index is 673. The summed E-state index contributed by atoms with van der Waals surface area (Å²) < 4.78 is 1.82. The van der Waals surface area contributed by atoms with Gasteiger partial charge in [0.25, 0.3) is 5.91 Å². The molecule has 19 heavy (non-hydrogen) atoms. The number of hydrogen-bond donors (Lipinski definition) is 1. The number of rotatable bonds is 3. The fraction of sp³-hybridized carbons (Fsp3) is 0.0714. The molecule has 0 fully saturated rings. The average Bonchev–Trinajstić information content (AvgIpc) is 2.90. The molecule has 0 aromatic carbocycles. The van der Waals surface area contributed by atoms with E-state index in [0.29, 0.717) is 12.2 Å². The Morgan fingerprint density at radius 1 is 1.21 bits per heavy atom. The lowest BCUT2D eigenvalue weighted by atomic mass is 10.2. The predicted octanol–water partition coefficient (Wildman–Crippen LogP) is 1.66. The number of amides is 1. The van der Waals surface area contributed by atoms with Crippen molar-refractivity contribution in [2.45, 2.75) is 6.54 Å². The maximum Gasteiger partial charge on any atom is 0.271 e. The third-order valence-corrected chi connectivity index (χ3v) is 2.80. The minimum Gasteiger partial charge on any atom is -0.347 e. The van der Waals surface area contributed by atoms with Gasteiger partial charge in [-0.3, -0.25) is 9.78 Å². The van der Waals surface area contributed by atoms with Crippen LogP contribution in [0.15, 0.2) is 55.1 Å². The molecule has 0 radical (unpaired) electrons. The topological polar surface area (TPSA) is 59.3 Å². The average molecular weight is 252 g/mol. The van der Waals surface area contributed by atoms with E-state index in [0.717, 1.165) is 11.2 Å². The van der Waals surface area contributed by atoms with Crippen LogP contribution < -0.4 is 5.32 Å². The molecular formula is C14H12N4O. The van der Waals surface area contributed by atoms with Gasteiger partial charge in [-0.15, -0.1) is 0 Å². The summed E-state index contributed by atoms with van der Waals surface area (Å²) in [7, 11) is 0. The normalized spacial score (nSPS) is 10.5. The Morgan fingerprint density at radius 2 is 2.05 bits per heavy atom. The van der Waals surface area contributed by atoms with Crippen molar-refractivity contribution in [3.05, 3.63) is 66.4 Å². The highest BCUT2D eigenvalue weighted by molar-refractivity contribution is 5.92. The first-order valence-electron chi connectivity index (χ1n) is 5.94. The molecule has 3 heterocycles. The van der Waals surface area contributed by atoms with E-state index in [9.17, 15) is 4.79 Å². The van der Waals surface area contributed by atoms with Crippen molar-refractivity contribution in [1.29, 1.82) is 0 Å². The standard InChI is InChI=1S/C14H12N4O/c19-14(16-9-11-4-6-15-7-5-11)12-10-18-8-2-1-3-13(18)17-12/h1-8,10H,9H2,(H,16,19). The highest BCUT2D eigenvalue weighted by Gasteiger charge is 2.09. The first-order chi connectivity index (χ1) is 9.33. The summed E-state index contributed by atoms with van der Waals surface area (Å²) in [4.78, 5) is 20.2. The highest BCUT2D eigenvalue weighted by atomic mass is 16.1. The number of pyridine rings is 2. The van der Waals surface area contributed by atoms with Gasteiger partial charge in [0.05, 0.1) is 0 Å². The Balaban J connectivity index is 1.73. The Labute approximate surface area is 109 Å². The smallest absolute Gasteiger partial charge is 0.271 e. The van der Waals surface area contributed by atoms with Crippen LogP contribution in [-0.2, 0) is 6.54 Å². The van der Waals surface area contributed by atoms with E-state index in [1.54, 1.807) is 18.6 Å². The number of fused-ring (bicyclic) bond motifs is 1. The Kier molecular flexibility index (Phi) is 2.94. The van der Waals surface area contributed by atoms with E-state index >= 15 is 0 Å². The van der Waals surface area contributed by atoms with Gasteiger partial charge in [-0.2, -0.15) is 0 Å². The molecule has 1 N–H and O–H groups in total. The van der Waals surface area contributed by atoms with E-state index in [4.69, 9.17) is 0 Å².